The molecule has 1 aliphatic heterocycles. The van der Waals surface area contributed by atoms with Crippen molar-refractivity contribution < 1.29 is 14.3 Å². The molecule has 1 saturated heterocycles. The highest BCUT2D eigenvalue weighted by Gasteiger charge is 2.24. The number of hydrogen-bond donors (Lipinski definition) is 2. The first-order valence-electron chi connectivity index (χ1n) is 14.3. The van der Waals surface area contributed by atoms with E-state index in [1.807, 2.05) is 57.3 Å². The van der Waals surface area contributed by atoms with Gasteiger partial charge in [-0.05, 0) is 74.9 Å². The molecule has 0 radical (unpaired) electrons. The molecule has 1 unspecified atom stereocenters. The summed E-state index contributed by atoms with van der Waals surface area (Å²) in [5, 5.41) is 4.38. The Labute approximate surface area is 236 Å². The fraction of sp³-hybridized carbons (Fsp3) is 0.353. The number of anilines is 1. The number of aromatic nitrogens is 1. The highest BCUT2D eigenvalue weighted by molar-refractivity contribution is 5.87. The van der Waals surface area contributed by atoms with Crippen molar-refractivity contribution in [2.45, 2.75) is 64.5 Å². The lowest BCUT2D eigenvalue weighted by Crippen LogP contribution is -2.32. The van der Waals surface area contributed by atoms with Crippen LogP contribution in [0.3, 0.4) is 0 Å². The van der Waals surface area contributed by atoms with Crippen LogP contribution in [0.15, 0.2) is 79.0 Å². The number of H-pyrrole nitrogens is 1. The number of rotatable bonds is 9. The number of carbonyl (C=O) groups excluding carboxylic acids is 2. The summed E-state index contributed by atoms with van der Waals surface area (Å²) in [4.78, 5) is 31.5. The average molecular weight is 538 g/mol. The maximum Gasteiger partial charge on any atom is 0.306 e. The van der Waals surface area contributed by atoms with Crippen LogP contribution in [-0.4, -0.2) is 35.6 Å². The molecule has 208 valence electrons. The molecule has 6 nitrogen and oxygen atoms in total. The van der Waals surface area contributed by atoms with Crippen LogP contribution < -0.4 is 10.2 Å². The molecule has 0 bridgehead atoms. The van der Waals surface area contributed by atoms with Crippen molar-refractivity contribution in [1.82, 2.24) is 10.3 Å². The van der Waals surface area contributed by atoms with Crippen molar-refractivity contribution in [1.29, 1.82) is 0 Å². The van der Waals surface area contributed by atoms with Crippen molar-refractivity contribution >= 4 is 28.5 Å². The van der Waals surface area contributed by atoms with Crippen molar-refractivity contribution in [2.24, 2.45) is 0 Å². The van der Waals surface area contributed by atoms with Crippen LogP contribution in [0.2, 0.25) is 0 Å². The SMILES string of the molecule is CC(C)(C)OC(=O)CCc1c[nH]c2ccc(CC(=O)NC(c3ccccc3)c3ccccc3N3CCCC3)cc12. The number of benzene rings is 3. The van der Waals surface area contributed by atoms with Crippen LogP contribution in [0.25, 0.3) is 10.9 Å². The molecular weight excluding hydrogens is 498 g/mol. The number of nitrogens with zero attached hydrogens (tertiary/aromatic N) is 1. The zero-order chi connectivity index (χ0) is 28.1. The largest absolute Gasteiger partial charge is 0.460 e. The lowest BCUT2D eigenvalue weighted by molar-refractivity contribution is -0.154. The number of amides is 1. The first-order chi connectivity index (χ1) is 19.3. The summed E-state index contributed by atoms with van der Waals surface area (Å²) in [5.41, 5.74) is 5.85. The second kappa shape index (κ2) is 12.0. The normalized spacial score (nSPS) is 14.3. The highest BCUT2D eigenvalue weighted by atomic mass is 16.6. The average Bonchev–Trinajstić information content (AvgIpc) is 3.61. The van der Waals surface area contributed by atoms with Crippen molar-refractivity contribution in [3.8, 4) is 0 Å². The minimum absolute atomic E-state index is 0.0322. The lowest BCUT2D eigenvalue weighted by Gasteiger charge is -2.27. The summed E-state index contributed by atoms with van der Waals surface area (Å²) in [6.07, 6.45) is 5.48. The van der Waals surface area contributed by atoms with Gasteiger partial charge in [0.1, 0.15) is 5.60 Å². The summed E-state index contributed by atoms with van der Waals surface area (Å²) >= 11 is 0. The molecule has 1 fully saturated rings. The van der Waals surface area contributed by atoms with Gasteiger partial charge in [0.15, 0.2) is 0 Å². The van der Waals surface area contributed by atoms with E-state index in [9.17, 15) is 9.59 Å². The number of esters is 1. The third-order valence-electron chi connectivity index (χ3n) is 7.35. The zero-order valence-corrected chi connectivity index (χ0v) is 23.7. The van der Waals surface area contributed by atoms with E-state index in [4.69, 9.17) is 4.74 Å². The van der Waals surface area contributed by atoms with E-state index in [1.54, 1.807) is 0 Å². The Morgan fingerprint density at radius 2 is 1.70 bits per heavy atom. The molecule has 6 heteroatoms. The highest BCUT2D eigenvalue weighted by Crippen LogP contribution is 2.33. The van der Waals surface area contributed by atoms with Crippen molar-refractivity contribution in [2.75, 3.05) is 18.0 Å². The molecule has 0 spiro atoms. The predicted molar refractivity (Wildman–Crippen MR) is 160 cm³/mol. The van der Waals surface area contributed by atoms with E-state index in [-0.39, 0.29) is 24.3 Å². The fourth-order valence-electron chi connectivity index (χ4n) is 5.53. The molecule has 0 aliphatic carbocycles. The molecule has 1 aromatic heterocycles. The molecule has 1 atom stereocenters. The van der Waals surface area contributed by atoms with Gasteiger partial charge >= 0.3 is 5.97 Å². The quantitative estimate of drug-likeness (QED) is 0.239. The van der Waals surface area contributed by atoms with Gasteiger partial charge in [0.05, 0.1) is 12.5 Å². The molecule has 40 heavy (non-hydrogen) atoms. The van der Waals surface area contributed by atoms with Crippen LogP contribution in [-0.2, 0) is 27.2 Å². The van der Waals surface area contributed by atoms with Gasteiger partial charge in [-0.2, -0.15) is 0 Å². The van der Waals surface area contributed by atoms with E-state index in [1.165, 1.54) is 18.5 Å². The number of fused-ring (bicyclic) bond motifs is 1. The van der Waals surface area contributed by atoms with Crippen molar-refractivity contribution in [3.63, 3.8) is 0 Å². The Balaban J connectivity index is 1.34. The Hall–Kier alpha value is -4.06. The van der Waals surface area contributed by atoms with E-state index < -0.39 is 5.60 Å². The minimum atomic E-state index is -0.496. The molecular formula is C34H39N3O3. The van der Waals surface area contributed by atoms with Gasteiger partial charge < -0.3 is 19.9 Å². The van der Waals surface area contributed by atoms with Gasteiger partial charge in [0.2, 0.25) is 5.91 Å². The van der Waals surface area contributed by atoms with Crippen LogP contribution in [0.4, 0.5) is 5.69 Å². The lowest BCUT2D eigenvalue weighted by atomic mass is 9.96. The van der Waals surface area contributed by atoms with Gasteiger partial charge in [0.25, 0.3) is 0 Å². The maximum absolute atomic E-state index is 13.5. The van der Waals surface area contributed by atoms with Gasteiger partial charge in [-0.3, -0.25) is 9.59 Å². The van der Waals surface area contributed by atoms with Crippen molar-refractivity contribution in [3.05, 3.63) is 101 Å². The molecule has 4 aromatic rings. The van der Waals surface area contributed by atoms with Gasteiger partial charge in [-0.1, -0.05) is 54.6 Å². The smallest absolute Gasteiger partial charge is 0.306 e. The van der Waals surface area contributed by atoms with Crippen LogP contribution in [0.5, 0.6) is 0 Å². The summed E-state index contributed by atoms with van der Waals surface area (Å²) < 4.78 is 5.47. The minimum Gasteiger partial charge on any atom is -0.460 e. The Morgan fingerprint density at radius 3 is 2.45 bits per heavy atom. The standard InChI is InChI=1S/C34H39N3O3/c1-34(2,3)40-32(39)18-16-26-23-35-29-17-15-24(21-28(26)29)22-31(38)36-33(25-11-5-4-6-12-25)27-13-7-8-14-30(27)37-19-9-10-20-37/h4-8,11-15,17,21,23,33,35H,9-10,16,18-20,22H2,1-3H3,(H,36,38). The number of aromatic amines is 1. The molecule has 2 N–H and O–H groups in total. The van der Waals surface area contributed by atoms with Gasteiger partial charge in [-0.15, -0.1) is 0 Å². The number of para-hydroxylation sites is 1. The third kappa shape index (κ3) is 6.74. The number of ether oxygens (including phenoxy) is 1. The van der Waals surface area contributed by atoms with E-state index in [2.05, 4.69) is 57.7 Å². The number of hydrogen-bond acceptors (Lipinski definition) is 4. The molecule has 0 saturated carbocycles. The Kier molecular flexibility index (Phi) is 8.24. The monoisotopic (exact) mass is 537 g/mol. The first kappa shape index (κ1) is 27.5. The number of aryl methyl sites for hydroxylation is 1. The molecule has 5 rings (SSSR count). The maximum atomic E-state index is 13.5. The fourth-order valence-corrected chi connectivity index (χ4v) is 5.53. The van der Waals surface area contributed by atoms with Crippen LogP contribution >= 0.6 is 0 Å². The number of carbonyl (C=O) groups is 2. The van der Waals surface area contributed by atoms with Gasteiger partial charge in [-0.25, -0.2) is 0 Å². The summed E-state index contributed by atoms with van der Waals surface area (Å²) in [6, 6.07) is 24.4. The third-order valence-corrected chi connectivity index (χ3v) is 7.35. The second-order valence-corrected chi connectivity index (χ2v) is 11.6. The summed E-state index contributed by atoms with van der Waals surface area (Å²) in [6.45, 7) is 7.71. The topological polar surface area (TPSA) is 74.4 Å². The predicted octanol–water partition coefficient (Wildman–Crippen LogP) is 6.49. The van der Waals surface area contributed by atoms with E-state index in [0.29, 0.717) is 12.8 Å². The first-order valence-corrected chi connectivity index (χ1v) is 14.3. The Morgan fingerprint density at radius 1 is 0.975 bits per heavy atom. The molecule has 1 amide bonds. The molecule has 2 heterocycles. The van der Waals surface area contributed by atoms with Crippen LogP contribution in [0.1, 0.15) is 68.3 Å². The Bertz CT molecular complexity index is 1460. The number of nitrogens with one attached hydrogen (secondary N) is 2. The summed E-state index contributed by atoms with van der Waals surface area (Å²) in [5.74, 6) is -0.242. The van der Waals surface area contributed by atoms with Crippen LogP contribution in [0, 0.1) is 0 Å². The van der Waals surface area contributed by atoms with E-state index >= 15 is 0 Å². The zero-order valence-electron chi connectivity index (χ0n) is 23.7. The molecule has 1 aliphatic rings. The van der Waals surface area contributed by atoms with E-state index in [0.717, 1.165) is 46.2 Å². The van der Waals surface area contributed by atoms with Gasteiger partial charge in [0, 0.05) is 47.9 Å². The molecule has 3 aromatic carbocycles. The summed E-state index contributed by atoms with van der Waals surface area (Å²) in [7, 11) is 0. The second-order valence-electron chi connectivity index (χ2n) is 11.6.